The van der Waals surface area contributed by atoms with Crippen LogP contribution in [0.15, 0.2) is 48.0 Å². The molecule has 1 saturated heterocycles. The summed E-state index contributed by atoms with van der Waals surface area (Å²) in [5.41, 5.74) is 7.74. The molecule has 0 spiro atoms. The van der Waals surface area contributed by atoms with Crippen LogP contribution in [0.3, 0.4) is 0 Å². The highest BCUT2D eigenvalue weighted by molar-refractivity contribution is 5.95. The summed E-state index contributed by atoms with van der Waals surface area (Å²) in [6.45, 7) is 3.49. The van der Waals surface area contributed by atoms with Crippen LogP contribution in [0.25, 0.3) is 22.3 Å². The molecule has 0 saturated carbocycles. The van der Waals surface area contributed by atoms with Crippen LogP contribution in [0.1, 0.15) is 0 Å². The number of aromatic nitrogens is 4. The first-order chi connectivity index (χ1) is 15.2. The van der Waals surface area contributed by atoms with Crippen molar-refractivity contribution in [3.63, 3.8) is 0 Å². The predicted molar refractivity (Wildman–Crippen MR) is 120 cm³/mol. The van der Waals surface area contributed by atoms with Gasteiger partial charge in [0.05, 0.1) is 36.7 Å². The molecule has 158 valence electrons. The van der Waals surface area contributed by atoms with Crippen LogP contribution in [0.5, 0.6) is 5.75 Å². The molecule has 3 N–H and O–H groups in total. The lowest BCUT2D eigenvalue weighted by Gasteiger charge is -2.30. The number of hydrogen-bond acceptors (Lipinski definition) is 10. The first-order valence-electron chi connectivity index (χ1n) is 10.1. The summed E-state index contributed by atoms with van der Waals surface area (Å²) < 4.78 is 5.58. The zero-order valence-electron chi connectivity index (χ0n) is 17.1. The van der Waals surface area contributed by atoms with Gasteiger partial charge in [0.1, 0.15) is 23.6 Å². The third kappa shape index (κ3) is 3.66. The van der Waals surface area contributed by atoms with Gasteiger partial charge in [-0.3, -0.25) is 9.88 Å². The summed E-state index contributed by atoms with van der Waals surface area (Å²) in [4.78, 5) is 26.7. The number of nitrogens with one attached hydrogen (secondary N) is 1. The minimum Gasteiger partial charge on any atom is -0.494 e. The number of nitrogens with zero attached hydrogens (tertiary/aromatic N) is 7. The monoisotopic (exact) mass is 417 g/mol. The Bertz CT molecular complexity index is 1160. The lowest BCUT2D eigenvalue weighted by atomic mass is 10.2. The van der Waals surface area contributed by atoms with E-state index in [1.54, 1.807) is 49.2 Å². The highest BCUT2D eigenvalue weighted by Gasteiger charge is 2.21. The van der Waals surface area contributed by atoms with Crippen molar-refractivity contribution in [1.82, 2.24) is 25.3 Å². The minimum absolute atomic E-state index is 0.331. The molecule has 1 unspecified atom stereocenters. The van der Waals surface area contributed by atoms with E-state index in [4.69, 9.17) is 20.4 Å². The Morgan fingerprint density at radius 1 is 1.19 bits per heavy atom. The highest BCUT2D eigenvalue weighted by atomic mass is 16.5. The Morgan fingerprint density at radius 3 is 2.87 bits per heavy atom. The van der Waals surface area contributed by atoms with Gasteiger partial charge < -0.3 is 20.7 Å². The molecule has 2 aliphatic rings. The van der Waals surface area contributed by atoms with Gasteiger partial charge in [-0.2, -0.15) is 0 Å². The van der Waals surface area contributed by atoms with E-state index >= 15 is 0 Å². The Balaban J connectivity index is 1.63. The van der Waals surface area contributed by atoms with Crippen molar-refractivity contribution in [3.8, 4) is 17.1 Å². The third-order valence-corrected chi connectivity index (χ3v) is 5.34. The first kappa shape index (κ1) is 19.3. The normalized spacial score (nSPS) is 18.6. The van der Waals surface area contributed by atoms with Gasteiger partial charge in [-0.1, -0.05) is 0 Å². The number of ether oxygens (including phenoxy) is 1. The SMILES string of the molecule is COc1cncc2nc(-c3ccnc(N4C=NC=CC4N)c3)nc(N3CCNCC3)c12. The van der Waals surface area contributed by atoms with E-state index < -0.39 is 0 Å². The molecule has 31 heavy (non-hydrogen) atoms. The fourth-order valence-electron chi connectivity index (χ4n) is 3.75. The van der Waals surface area contributed by atoms with E-state index in [1.807, 2.05) is 12.1 Å². The quantitative estimate of drug-likeness (QED) is 0.644. The van der Waals surface area contributed by atoms with E-state index in [1.165, 1.54) is 0 Å². The molecule has 5 rings (SSSR count). The van der Waals surface area contributed by atoms with E-state index in [0.29, 0.717) is 17.4 Å². The van der Waals surface area contributed by atoms with Crippen LogP contribution in [-0.2, 0) is 0 Å². The number of anilines is 2. The molecule has 0 aromatic carbocycles. The minimum atomic E-state index is -0.331. The van der Waals surface area contributed by atoms with Gasteiger partial charge in [-0.05, 0) is 18.2 Å². The molecule has 2 aliphatic heterocycles. The van der Waals surface area contributed by atoms with Gasteiger partial charge in [0.15, 0.2) is 5.82 Å². The summed E-state index contributed by atoms with van der Waals surface area (Å²) in [7, 11) is 1.64. The largest absolute Gasteiger partial charge is 0.494 e. The Labute approximate surface area is 179 Å². The number of rotatable bonds is 4. The number of pyridine rings is 2. The Hall–Kier alpha value is -3.63. The molecule has 1 atom stereocenters. The van der Waals surface area contributed by atoms with Gasteiger partial charge in [0.25, 0.3) is 0 Å². The average Bonchev–Trinajstić information content (AvgIpc) is 2.84. The van der Waals surface area contributed by atoms with Crippen molar-refractivity contribution in [2.24, 2.45) is 10.7 Å². The van der Waals surface area contributed by atoms with Crippen LogP contribution in [0.2, 0.25) is 0 Å². The van der Waals surface area contributed by atoms with Gasteiger partial charge in [0, 0.05) is 44.1 Å². The van der Waals surface area contributed by atoms with Crippen molar-refractivity contribution >= 4 is 28.9 Å². The smallest absolute Gasteiger partial charge is 0.162 e. The number of piperazine rings is 1. The summed E-state index contributed by atoms with van der Waals surface area (Å²) >= 11 is 0. The van der Waals surface area contributed by atoms with E-state index in [-0.39, 0.29) is 6.17 Å². The number of methoxy groups -OCH3 is 1. The molecular formula is C21H23N9O. The molecule has 1 fully saturated rings. The summed E-state index contributed by atoms with van der Waals surface area (Å²) in [6.07, 6.45) is 9.99. The van der Waals surface area contributed by atoms with Crippen molar-refractivity contribution in [1.29, 1.82) is 0 Å². The van der Waals surface area contributed by atoms with Crippen molar-refractivity contribution in [2.45, 2.75) is 6.17 Å². The fourth-order valence-corrected chi connectivity index (χ4v) is 3.75. The maximum atomic E-state index is 6.17. The molecule has 3 aromatic rings. The summed E-state index contributed by atoms with van der Waals surface area (Å²) in [5.74, 6) is 2.78. The van der Waals surface area contributed by atoms with E-state index in [9.17, 15) is 0 Å². The average molecular weight is 417 g/mol. The number of hydrogen-bond donors (Lipinski definition) is 2. The second kappa shape index (κ2) is 8.25. The van der Waals surface area contributed by atoms with Crippen LogP contribution < -0.4 is 25.6 Å². The van der Waals surface area contributed by atoms with Crippen LogP contribution in [0, 0.1) is 0 Å². The standard InChI is InChI=1S/C21H23N9O/c1-31-16-12-25-11-15-19(16)21(29-8-6-23-7-9-29)28-20(27-15)14-2-5-26-18(10-14)30-13-24-4-3-17(30)22/h2-5,10-13,17,23H,6-9,22H2,1H3. The third-order valence-electron chi connectivity index (χ3n) is 5.34. The molecule has 10 heteroatoms. The summed E-state index contributed by atoms with van der Waals surface area (Å²) in [5, 5.41) is 4.25. The lowest BCUT2D eigenvalue weighted by Crippen LogP contribution is -2.44. The lowest BCUT2D eigenvalue weighted by molar-refractivity contribution is 0.418. The van der Waals surface area contributed by atoms with E-state index in [2.05, 4.69) is 25.2 Å². The van der Waals surface area contributed by atoms with Crippen LogP contribution in [-0.4, -0.2) is 65.7 Å². The Kier molecular flexibility index (Phi) is 5.14. The number of fused-ring (bicyclic) bond motifs is 1. The van der Waals surface area contributed by atoms with Crippen LogP contribution in [0.4, 0.5) is 11.6 Å². The molecule has 0 radical (unpaired) electrons. The van der Waals surface area contributed by atoms with Gasteiger partial charge >= 0.3 is 0 Å². The molecule has 10 nitrogen and oxygen atoms in total. The molecular weight excluding hydrogens is 394 g/mol. The molecule has 3 aromatic heterocycles. The molecule has 0 amide bonds. The number of nitrogens with two attached hydrogens (primary N) is 1. The van der Waals surface area contributed by atoms with E-state index in [0.717, 1.165) is 48.5 Å². The van der Waals surface area contributed by atoms with Crippen molar-refractivity contribution in [2.75, 3.05) is 43.1 Å². The maximum Gasteiger partial charge on any atom is 0.162 e. The zero-order chi connectivity index (χ0) is 21.2. The predicted octanol–water partition coefficient (Wildman–Crippen LogP) is 1.15. The van der Waals surface area contributed by atoms with Crippen molar-refractivity contribution in [3.05, 3.63) is 43.0 Å². The van der Waals surface area contributed by atoms with Crippen molar-refractivity contribution < 1.29 is 4.74 Å². The topological polar surface area (TPSA) is 118 Å². The first-order valence-corrected chi connectivity index (χ1v) is 10.1. The van der Waals surface area contributed by atoms with Crippen LogP contribution >= 0.6 is 0 Å². The Morgan fingerprint density at radius 2 is 2.06 bits per heavy atom. The molecule has 0 aliphatic carbocycles. The molecule has 5 heterocycles. The fraction of sp³-hybridized carbons (Fsp3) is 0.286. The zero-order valence-corrected chi connectivity index (χ0v) is 17.1. The second-order valence-electron chi connectivity index (χ2n) is 7.25. The van der Waals surface area contributed by atoms with Gasteiger partial charge in [0.2, 0.25) is 0 Å². The summed E-state index contributed by atoms with van der Waals surface area (Å²) in [6, 6.07) is 3.81. The maximum absolute atomic E-state index is 6.17. The highest BCUT2D eigenvalue weighted by Crippen LogP contribution is 2.34. The van der Waals surface area contributed by atoms with Gasteiger partial charge in [-0.15, -0.1) is 0 Å². The molecule has 0 bridgehead atoms. The number of aliphatic imine (C=N–C) groups is 1. The second-order valence-corrected chi connectivity index (χ2v) is 7.25. The van der Waals surface area contributed by atoms with Gasteiger partial charge in [-0.25, -0.2) is 19.9 Å².